The lowest BCUT2D eigenvalue weighted by Crippen LogP contribution is -2.40. The highest BCUT2D eigenvalue weighted by molar-refractivity contribution is 4.88. The molecular formula is C12H24O2. The summed E-state index contributed by atoms with van der Waals surface area (Å²) >= 11 is 0. The maximum absolute atomic E-state index is 10.1. The highest BCUT2D eigenvalue weighted by Crippen LogP contribution is 2.41. The van der Waals surface area contributed by atoms with Gasteiger partial charge in [0.15, 0.2) is 0 Å². The molecule has 0 aromatic carbocycles. The molecule has 0 amide bonds. The minimum Gasteiger partial charge on any atom is -0.387 e. The fourth-order valence-electron chi connectivity index (χ4n) is 2.43. The van der Waals surface area contributed by atoms with Gasteiger partial charge in [-0.05, 0) is 37.0 Å². The molecule has 0 saturated heterocycles. The van der Waals surface area contributed by atoms with Crippen LogP contribution in [0.25, 0.3) is 0 Å². The van der Waals surface area contributed by atoms with E-state index in [0.29, 0.717) is 12.0 Å². The molecule has 0 radical (unpaired) electrons. The maximum atomic E-state index is 10.1. The van der Waals surface area contributed by atoms with Crippen LogP contribution in [-0.2, 0) is 4.74 Å². The monoisotopic (exact) mass is 200 g/mol. The van der Waals surface area contributed by atoms with Gasteiger partial charge in [0.05, 0.1) is 12.2 Å². The Kier molecular flexibility index (Phi) is 3.59. The summed E-state index contributed by atoms with van der Waals surface area (Å²) in [5.74, 6) is 0.750. The molecule has 0 bridgehead atoms. The molecule has 1 aliphatic rings. The van der Waals surface area contributed by atoms with Gasteiger partial charge in [-0.3, -0.25) is 0 Å². The van der Waals surface area contributed by atoms with Crippen LogP contribution in [0.4, 0.5) is 0 Å². The Morgan fingerprint density at radius 3 is 2.14 bits per heavy atom. The summed E-state index contributed by atoms with van der Waals surface area (Å²) in [6.07, 6.45) is 4.04. The van der Waals surface area contributed by atoms with E-state index < -0.39 is 5.60 Å². The van der Waals surface area contributed by atoms with Crippen LogP contribution >= 0.6 is 0 Å². The first-order chi connectivity index (χ1) is 6.37. The first kappa shape index (κ1) is 12.0. The average molecular weight is 200 g/mol. The predicted octanol–water partition coefficient (Wildman–Crippen LogP) is 2.60. The van der Waals surface area contributed by atoms with Gasteiger partial charge in [-0.1, -0.05) is 20.8 Å². The first-order valence-corrected chi connectivity index (χ1v) is 5.59. The third-order valence-corrected chi connectivity index (χ3v) is 3.55. The van der Waals surface area contributed by atoms with E-state index in [9.17, 15) is 5.11 Å². The van der Waals surface area contributed by atoms with Gasteiger partial charge in [-0.25, -0.2) is 0 Å². The molecule has 2 heteroatoms. The summed E-state index contributed by atoms with van der Waals surface area (Å²) in [5, 5.41) is 10.1. The Bertz CT molecular complexity index is 173. The van der Waals surface area contributed by atoms with Crippen molar-refractivity contribution in [3.8, 4) is 0 Å². The molecule has 0 aromatic heterocycles. The van der Waals surface area contributed by atoms with E-state index in [-0.39, 0.29) is 0 Å². The number of hydrogen-bond donors (Lipinski definition) is 1. The highest BCUT2D eigenvalue weighted by atomic mass is 16.5. The van der Waals surface area contributed by atoms with E-state index in [2.05, 4.69) is 20.8 Å². The Morgan fingerprint density at radius 2 is 1.79 bits per heavy atom. The van der Waals surface area contributed by atoms with Crippen LogP contribution in [0.5, 0.6) is 0 Å². The molecule has 14 heavy (non-hydrogen) atoms. The molecule has 0 spiro atoms. The van der Waals surface area contributed by atoms with Gasteiger partial charge in [0.25, 0.3) is 0 Å². The number of rotatable bonds is 2. The zero-order valence-corrected chi connectivity index (χ0v) is 9.97. The Labute approximate surface area is 87.7 Å². The molecule has 0 heterocycles. The van der Waals surface area contributed by atoms with Crippen molar-refractivity contribution in [3.05, 3.63) is 0 Å². The lowest BCUT2D eigenvalue weighted by atomic mass is 9.68. The van der Waals surface area contributed by atoms with Crippen molar-refractivity contribution in [1.82, 2.24) is 0 Å². The van der Waals surface area contributed by atoms with Crippen LogP contribution in [0.1, 0.15) is 46.5 Å². The Hall–Kier alpha value is -0.0800. The summed E-state index contributed by atoms with van der Waals surface area (Å²) in [4.78, 5) is 0. The second-order valence-electron chi connectivity index (χ2n) is 5.80. The lowest BCUT2D eigenvalue weighted by molar-refractivity contribution is -0.0731. The molecule has 0 aliphatic heterocycles. The topological polar surface area (TPSA) is 29.5 Å². The van der Waals surface area contributed by atoms with E-state index in [0.717, 1.165) is 31.6 Å². The summed E-state index contributed by atoms with van der Waals surface area (Å²) in [6.45, 7) is 7.36. The lowest BCUT2D eigenvalue weighted by Gasteiger charge is -2.40. The molecule has 0 aromatic rings. The molecule has 1 saturated carbocycles. The predicted molar refractivity (Wildman–Crippen MR) is 58.2 cm³/mol. The van der Waals surface area contributed by atoms with Crippen LogP contribution in [0.3, 0.4) is 0 Å². The van der Waals surface area contributed by atoms with E-state index in [1.165, 1.54) is 0 Å². The maximum Gasteiger partial charge on any atom is 0.0880 e. The molecule has 84 valence electrons. The molecule has 2 nitrogen and oxygen atoms in total. The third kappa shape index (κ3) is 2.96. The first-order valence-electron chi connectivity index (χ1n) is 5.59. The van der Waals surface area contributed by atoms with Gasteiger partial charge < -0.3 is 9.84 Å². The molecule has 1 aliphatic carbocycles. The van der Waals surface area contributed by atoms with Gasteiger partial charge in [0, 0.05) is 7.11 Å². The highest BCUT2D eigenvalue weighted by Gasteiger charge is 2.37. The SMILES string of the molecule is COCC1(O)CCC(C(C)(C)C)CC1. The quantitative estimate of drug-likeness (QED) is 0.742. The van der Waals surface area contributed by atoms with Crippen molar-refractivity contribution in [1.29, 1.82) is 0 Å². The number of hydrogen-bond acceptors (Lipinski definition) is 2. The second kappa shape index (κ2) is 4.19. The van der Waals surface area contributed by atoms with Crippen LogP contribution < -0.4 is 0 Å². The van der Waals surface area contributed by atoms with E-state index >= 15 is 0 Å². The van der Waals surface area contributed by atoms with Crippen LogP contribution in [0.15, 0.2) is 0 Å². The molecule has 1 fully saturated rings. The Balaban J connectivity index is 2.45. The summed E-state index contributed by atoms with van der Waals surface area (Å²) < 4.78 is 5.06. The largest absolute Gasteiger partial charge is 0.387 e. The summed E-state index contributed by atoms with van der Waals surface area (Å²) in [6, 6.07) is 0. The standard InChI is InChI=1S/C12H24O2/c1-11(2,3)10-5-7-12(13,8-6-10)9-14-4/h10,13H,5-9H2,1-4H3. The Morgan fingerprint density at radius 1 is 1.29 bits per heavy atom. The van der Waals surface area contributed by atoms with Crippen LogP contribution in [-0.4, -0.2) is 24.4 Å². The zero-order valence-electron chi connectivity index (χ0n) is 9.97. The molecule has 1 N–H and O–H groups in total. The number of methoxy groups -OCH3 is 1. The second-order valence-corrected chi connectivity index (χ2v) is 5.80. The zero-order chi connectivity index (χ0) is 10.8. The molecule has 0 atom stereocenters. The smallest absolute Gasteiger partial charge is 0.0880 e. The van der Waals surface area contributed by atoms with Crippen LogP contribution in [0, 0.1) is 11.3 Å². The number of aliphatic hydroxyl groups is 1. The van der Waals surface area contributed by atoms with Gasteiger partial charge >= 0.3 is 0 Å². The summed E-state index contributed by atoms with van der Waals surface area (Å²) in [7, 11) is 1.66. The molecule has 1 rings (SSSR count). The third-order valence-electron chi connectivity index (χ3n) is 3.55. The fourth-order valence-corrected chi connectivity index (χ4v) is 2.43. The van der Waals surface area contributed by atoms with Crippen molar-refractivity contribution in [2.45, 2.75) is 52.1 Å². The van der Waals surface area contributed by atoms with Gasteiger partial charge in [-0.15, -0.1) is 0 Å². The average Bonchev–Trinajstić information content (AvgIpc) is 2.03. The van der Waals surface area contributed by atoms with Crippen LogP contribution in [0.2, 0.25) is 0 Å². The van der Waals surface area contributed by atoms with Crippen molar-refractivity contribution in [2.75, 3.05) is 13.7 Å². The normalized spacial score (nSPS) is 34.5. The fraction of sp³-hybridized carbons (Fsp3) is 1.00. The van der Waals surface area contributed by atoms with Gasteiger partial charge in [0.2, 0.25) is 0 Å². The van der Waals surface area contributed by atoms with Crippen molar-refractivity contribution in [2.24, 2.45) is 11.3 Å². The number of ether oxygens (including phenoxy) is 1. The summed E-state index contributed by atoms with van der Waals surface area (Å²) in [5.41, 5.74) is -0.162. The van der Waals surface area contributed by atoms with Crippen molar-refractivity contribution in [3.63, 3.8) is 0 Å². The van der Waals surface area contributed by atoms with Gasteiger partial charge in [0.1, 0.15) is 0 Å². The van der Waals surface area contributed by atoms with E-state index in [4.69, 9.17) is 4.74 Å². The molecular weight excluding hydrogens is 176 g/mol. The van der Waals surface area contributed by atoms with Crippen molar-refractivity contribution < 1.29 is 9.84 Å². The van der Waals surface area contributed by atoms with E-state index in [1.807, 2.05) is 0 Å². The minimum atomic E-state index is -0.545. The van der Waals surface area contributed by atoms with Crippen molar-refractivity contribution >= 4 is 0 Å². The van der Waals surface area contributed by atoms with Gasteiger partial charge in [-0.2, -0.15) is 0 Å². The van der Waals surface area contributed by atoms with E-state index in [1.54, 1.807) is 7.11 Å². The molecule has 0 unspecified atom stereocenters. The minimum absolute atomic E-state index is 0.383.